The molecule has 1 rings (SSSR count). The number of carbonyl (C=O) groups excluding carboxylic acids is 13. The van der Waals surface area contributed by atoms with Crippen LogP contribution >= 0.6 is 0 Å². The average Bonchev–Trinajstić information content (AvgIpc) is 0.824. The zero-order chi connectivity index (χ0) is 83.7. The zero-order valence-corrected chi connectivity index (χ0v) is 70.1. The van der Waals surface area contributed by atoms with Crippen LogP contribution in [-0.2, 0) is 62.3 Å². The molecule has 1 heterocycles. The van der Waals surface area contributed by atoms with Crippen molar-refractivity contribution >= 4 is 76.8 Å². The van der Waals surface area contributed by atoms with Crippen LogP contribution in [0.2, 0.25) is 0 Å². The van der Waals surface area contributed by atoms with Crippen molar-refractivity contribution in [1.82, 2.24) is 63.4 Å². The lowest BCUT2D eigenvalue weighted by atomic mass is 9.96. The molecular weight excluding hydrogens is 1420 g/mol. The molecule has 0 bridgehead atoms. The van der Waals surface area contributed by atoms with Crippen LogP contribution in [0.5, 0.6) is 0 Å². The van der Waals surface area contributed by atoms with Gasteiger partial charge >= 0.3 is 0 Å². The molecule has 1 fully saturated rings. The van der Waals surface area contributed by atoms with Gasteiger partial charge in [-0.1, -0.05) is 83.1 Å². The van der Waals surface area contributed by atoms with E-state index in [1.807, 2.05) is 83.1 Å². The standard InChI is InChI=1S/C80H152N18O13/c1-50(2)38-57-44-70(101)89-59(40-52(5)6)46-72(103)93-63(26-14-20-32-81)78(109)95-65(28-16-22-34-83)75(106)91-61(42-54(9)10)48-73(104)94-64(27-15-21-33-82)79(110)96-66(29-17-23-35-84)76(107)92-62(43-55(11)12)49-74(105)98(56(13)99)68(31-19-25-37-86)80(111)97-67(30-18-24-36-85)77(108)90-60(41-53(7)8)47-71(102)88-58(39-51(3)4)45-69(100)87-57/h50-55,57-68H,14-49,81-86H2,1-13H3,(H,87,100)(H,88,102)(H,89,101)(H,90,108)(H,91,106)(H,92,107)(H,93,103)(H,94,104)(H,95,109)(H,96,110)(H,97,111)/t57?,58-,59?,60-,61?,62-,63?,64?,65-,66?,67?,68+/m0/s1. The van der Waals surface area contributed by atoms with E-state index in [2.05, 4.69) is 58.5 Å². The van der Waals surface area contributed by atoms with Gasteiger partial charge < -0.3 is 92.9 Å². The highest BCUT2D eigenvalue weighted by molar-refractivity contribution is 6.01. The Morgan fingerprint density at radius 3 is 0.712 bits per heavy atom. The third-order valence-electron chi connectivity index (χ3n) is 19.3. The molecule has 31 nitrogen and oxygen atoms in total. The fraction of sp³-hybridized carbons (Fsp3) is 0.838. The maximum atomic E-state index is 15.0. The van der Waals surface area contributed by atoms with Gasteiger partial charge in [-0.25, -0.2) is 0 Å². The van der Waals surface area contributed by atoms with Gasteiger partial charge in [0.25, 0.3) is 0 Å². The van der Waals surface area contributed by atoms with Gasteiger partial charge in [0.1, 0.15) is 36.3 Å². The van der Waals surface area contributed by atoms with Crippen LogP contribution < -0.4 is 92.9 Å². The Bertz CT molecular complexity index is 2790. The second-order valence-electron chi connectivity index (χ2n) is 33.3. The number of imide groups is 1. The Balaban J connectivity index is 4.35. The molecule has 111 heavy (non-hydrogen) atoms. The van der Waals surface area contributed by atoms with E-state index >= 15 is 0 Å². The topological polar surface area (TPSA) is 514 Å². The molecule has 1 aliphatic rings. The molecule has 0 radical (unpaired) electrons. The molecular formula is C80H152N18O13. The molecule has 0 saturated carbocycles. The lowest BCUT2D eigenvalue weighted by Crippen LogP contribution is -2.58. The van der Waals surface area contributed by atoms with Crippen molar-refractivity contribution < 1.29 is 62.3 Å². The van der Waals surface area contributed by atoms with Crippen molar-refractivity contribution in [3.8, 4) is 0 Å². The maximum Gasteiger partial charge on any atom is 0.243 e. The minimum absolute atomic E-state index is 0.00435. The van der Waals surface area contributed by atoms with Gasteiger partial charge in [-0.3, -0.25) is 67.2 Å². The van der Waals surface area contributed by atoms with Crippen LogP contribution in [0.25, 0.3) is 0 Å². The number of nitrogens with zero attached hydrogens (tertiary/aromatic N) is 1. The molecule has 13 amide bonds. The highest BCUT2D eigenvalue weighted by atomic mass is 16.2. The first kappa shape index (κ1) is 102. The van der Waals surface area contributed by atoms with Crippen LogP contribution in [0.1, 0.15) is 283 Å². The minimum atomic E-state index is -1.45. The Hall–Kier alpha value is -6.93. The predicted octanol–water partition coefficient (Wildman–Crippen LogP) is 3.47. The van der Waals surface area contributed by atoms with E-state index in [1.165, 1.54) is 0 Å². The van der Waals surface area contributed by atoms with Crippen LogP contribution in [-0.4, -0.2) is 193 Å². The van der Waals surface area contributed by atoms with Gasteiger partial charge in [0.15, 0.2) is 0 Å². The lowest BCUT2D eigenvalue weighted by molar-refractivity contribution is -0.152. The first-order chi connectivity index (χ1) is 52.5. The third-order valence-corrected chi connectivity index (χ3v) is 19.3. The molecule has 7 unspecified atom stereocenters. The number of nitrogens with two attached hydrogens (primary N) is 6. The number of hydrogen-bond acceptors (Lipinski definition) is 19. The summed E-state index contributed by atoms with van der Waals surface area (Å²) >= 11 is 0. The van der Waals surface area contributed by atoms with Crippen molar-refractivity contribution in [3.05, 3.63) is 0 Å². The van der Waals surface area contributed by atoms with E-state index in [0.29, 0.717) is 122 Å². The number of unbranched alkanes of at least 4 members (excludes halogenated alkanes) is 6. The summed E-state index contributed by atoms with van der Waals surface area (Å²) in [5, 5.41) is 32.5. The second-order valence-corrected chi connectivity index (χ2v) is 33.3. The summed E-state index contributed by atoms with van der Waals surface area (Å²) in [5.74, 6) is -8.21. The molecule has 0 aliphatic carbocycles. The number of rotatable bonds is 36. The van der Waals surface area contributed by atoms with Gasteiger partial charge in [0.05, 0.1) is 0 Å². The van der Waals surface area contributed by atoms with Crippen LogP contribution in [0.15, 0.2) is 0 Å². The third kappa shape index (κ3) is 46.1. The average molecular weight is 1570 g/mol. The summed E-state index contributed by atoms with van der Waals surface area (Å²) in [6.07, 6.45) is 6.38. The summed E-state index contributed by atoms with van der Waals surface area (Å²) in [6.45, 7) is 26.0. The minimum Gasteiger partial charge on any atom is -0.353 e. The van der Waals surface area contributed by atoms with Crippen LogP contribution in [0.4, 0.5) is 0 Å². The number of carbonyl (C=O) groups is 13. The molecule has 23 N–H and O–H groups in total. The van der Waals surface area contributed by atoms with Crippen molar-refractivity contribution in [2.75, 3.05) is 39.3 Å². The first-order valence-electron chi connectivity index (χ1n) is 41.8. The van der Waals surface area contributed by atoms with Gasteiger partial charge in [-0.15, -0.1) is 0 Å². The van der Waals surface area contributed by atoms with E-state index in [1.54, 1.807) is 0 Å². The molecule has 12 atom stereocenters. The Kier molecular flexibility index (Phi) is 53.3. The molecule has 0 aromatic rings. The predicted molar refractivity (Wildman–Crippen MR) is 434 cm³/mol. The van der Waals surface area contributed by atoms with E-state index in [9.17, 15) is 62.3 Å². The second kappa shape index (κ2) is 58.0. The molecule has 1 aliphatic heterocycles. The van der Waals surface area contributed by atoms with Crippen molar-refractivity contribution in [2.45, 2.75) is 355 Å². The van der Waals surface area contributed by atoms with E-state index in [4.69, 9.17) is 34.4 Å². The molecule has 0 aromatic heterocycles. The summed E-state index contributed by atoms with van der Waals surface area (Å²) < 4.78 is 0. The number of nitrogens with one attached hydrogen (secondary N) is 11. The highest BCUT2D eigenvalue weighted by Crippen LogP contribution is 2.21. The largest absolute Gasteiger partial charge is 0.353 e. The molecule has 0 spiro atoms. The van der Waals surface area contributed by atoms with Crippen LogP contribution in [0.3, 0.4) is 0 Å². The monoisotopic (exact) mass is 1570 g/mol. The first-order valence-corrected chi connectivity index (χ1v) is 41.8. The lowest BCUT2D eigenvalue weighted by Gasteiger charge is -2.32. The Labute approximate surface area is 664 Å². The number of hydrogen-bond donors (Lipinski definition) is 17. The zero-order valence-electron chi connectivity index (χ0n) is 70.1. The van der Waals surface area contributed by atoms with Crippen molar-refractivity contribution in [2.24, 2.45) is 69.9 Å². The summed E-state index contributed by atoms with van der Waals surface area (Å²) in [7, 11) is 0. The van der Waals surface area contributed by atoms with E-state index in [-0.39, 0.29) is 139 Å². The summed E-state index contributed by atoms with van der Waals surface area (Å²) in [4.78, 5) is 190. The quantitative estimate of drug-likeness (QED) is 0.0399. The highest BCUT2D eigenvalue weighted by Gasteiger charge is 2.39. The number of amides is 13. The summed E-state index contributed by atoms with van der Waals surface area (Å²) in [6, 6.07) is -12.0. The molecule has 0 aromatic carbocycles. The van der Waals surface area contributed by atoms with Crippen LogP contribution in [0, 0.1) is 35.5 Å². The SMILES string of the molecule is CC(=O)N1C(=O)C[C@H](CC(C)C)NC(=O)C(CCCCN)NC(=O)C(CCCCN)NC(=O)CC(CC(C)C)NC(=O)[C@H](CCCCN)NC(=O)C(CCCCN)NC(=O)CC(CC(C)C)NC(=O)CC(CC(C)C)NC(=O)C[C@H](CC(C)C)NC(=O)C[C@H](CC(C)C)NC(=O)C(CCCCN)NC(=O)[C@H]1CCCCN. The normalized spacial score (nSPS) is 24.4. The van der Waals surface area contributed by atoms with Gasteiger partial charge in [0.2, 0.25) is 76.8 Å². The Morgan fingerprint density at radius 2 is 0.477 bits per heavy atom. The van der Waals surface area contributed by atoms with Gasteiger partial charge in [-0.2, -0.15) is 0 Å². The smallest absolute Gasteiger partial charge is 0.243 e. The molecule has 640 valence electrons. The van der Waals surface area contributed by atoms with Gasteiger partial charge in [0, 0.05) is 81.7 Å². The van der Waals surface area contributed by atoms with Crippen molar-refractivity contribution in [3.63, 3.8) is 0 Å². The fourth-order valence-electron chi connectivity index (χ4n) is 14.3. The molecule has 1 saturated heterocycles. The maximum absolute atomic E-state index is 15.0. The van der Waals surface area contributed by atoms with E-state index < -0.39 is 156 Å². The van der Waals surface area contributed by atoms with E-state index in [0.717, 1.165) is 11.8 Å². The van der Waals surface area contributed by atoms with Gasteiger partial charge in [-0.05, 0) is 229 Å². The Morgan fingerprint density at radius 1 is 0.279 bits per heavy atom. The summed E-state index contributed by atoms with van der Waals surface area (Å²) in [5.41, 5.74) is 35.6. The van der Waals surface area contributed by atoms with Crippen molar-refractivity contribution in [1.29, 1.82) is 0 Å². The molecule has 31 heteroatoms. The fourth-order valence-corrected chi connectivity index (χ4v) is 14.3.